The van der Waals surface area contributed by atoms with E-state index in [0.717, 1.165) is 44.2 Å². The molecule has 10 aromatic rings. The molecule has 3 aromatic heterocycles. The van der Waals surface area contributed by atoms with Crippen LogP contribution in [0.4, 0.5) is 0 Å². The number of rotatable bonds is 5. The lowest BCUT2D eigenvalue weighted by atomic mass is 9.59. The molecule has 0 fully saturated rings. The van der Waals surface area contributed by atoms with Gasteiger partial charge >= 0.3 is 0 Å². The number of hydrogen-bond donors (Lipinski definition) is 0. The summed E-state index contributed by atoms with van der Waals surface area (Å²) in [6.07, 6.45) is 0. The Kier molecular flexibility index (Phi) is 7.93. The number of fused-ring (bicyclic) bond motifs is 6. The van der Waals surface area contributed by atoms with Gasteiger partial charge in [-0.05, 0) is 58.7 Å². The number of hydrogen-bond acceptors (Lipinski definition) is 5. The zero-order chi connectivity index (χ0) is 37.4. The predicted octanol–water partition coefficient (Wildman–Crippen LogP) is 6.44. The van der Waals surface area contributed by atoms with Gasteiger partial charge in [0.2, 0.25) is 0 Å². The Morgan fingerprint density at radius 1 is 0.400 bits per heavy atom. The molecule has 0 spiro atoms. The van der Waals surface area contributed by atoms with Crippen molar-refractivity contribution in [2.45, 2.75) is 0 Å². The fraction of sp³-hybridized carbons (Fsp3) is 0. The minimum absolute atomic E-state index is 0.163. The third-order valence-corrected chi connectivity index (χ3v) is 11.4. The molecule has 0 aliphatic carbocycles. The van der Waals surface area contributed by atoms with Gasteiger partial charge in [-0.15, -0.1) is 27.7 Å². The highest BCUT2D eigenvalue weighted by atomic mass is 32.1. The first-order valence-corrected chi connectivity index (χ1v) is 18.4. The lowest BCUT2D eigenvalue weighted by molar-refractivity contribution is 0.669. The van der Waals surface area contributed by atoms with Crippen LogP contribution in [0.15, 0.2) is 138 Å². The Morgan fingerprint density at radius 2 is 1.00 bits per heavy atom. The third-order valence-electron chi connectivity index (χ3n) is 10.2. The molecule has 10 heteroatoms. The molecule has 0 amide bonds. The minimum Gasteiger partial charge on any atom is -0.456 e. The van der Waals surface area contributed by atoms with Crippen molar-refractivity contribution in [2.24, 2.45) is 0 Å². The first kappa shape index (κ1) is 33.5. The van der Waals surface area contributed by atoms with Crippen LogP contribution in [0.5, 0.6) is 0 Å². The highest BCUT2D eigenvalue weighted by molar-refractivity contribution is 7.26. The Morgan fingerprint density at radius 3 is 1.78 bits per heavy atom. The Balaban J connectivity index is 1.09. The van der Waals surface area contributed by atoms with Crippen molar-refractivity contribution in [2.75, 3.05) is 0 Å². The van der Waals surface area contributed by atoms with Crippen LogP contribution in [0.1, 0.15) is 0 Å². The molecule has 3 heterocycles. The van der Waals surface area contributed by atoms with Gasteiger partial charge in [0.15, 0.2) is 17.5 Å². The number of benzene rings is 7. The van der Waals surface area contributed by atoms with E-state index in [1.807, 2.05) is 78.1 Å². The number of furan rings is 1. The molecule has 7 aromatic carbocycles. The second-order valence-electron chi connectivity index (χ2n) is 13.5. The van der Waals surface area contributed by atoms with E-state index >= 15 is 0 Å². The molecule has 244 valence electrons. The normalized spacial score (nSPS) is 11.6. The number of thiophene rings is 1. The van der Waals surface area contributed by atoms with Crippen molar-refractivity contribution in [3.8, 4) is 56.4 Å². The van der Waals surface area contributed by atoms with Crippen molar-refractivity contribution in [1.82, 2.24) is 15.0 Å². The highest BCUT2D eigenvalue weighted by Crippen LogP contribution is 2.41. The molecule has 55 heavy (non-hydrogen) atoms. The summed E-state index contributed by atoms with van der Waals surface area (Å²) in [7, 11) is 31.4. The molecular formula is C45H22B5N3OS. The van der Waals surface area contributed by atoms with Crippen molar-refractivity contribution in [1.29, 1.82) is 0 Å². The largest absolute Gasteiger partial charge is 0.456 e. The third kappa shape index (κ3) is 5.54. The summed E-state index contributed by atoms with van der Waals surface area (Å²) in [5.74, 6) is 1.48. The lowest BCUT2D eigenvalue weighted by Crippen LogP contribution is -2.55. The fourth-order valence-electron chi connectivity index (χ4n) is 7.38. The SMILES string of the molecule is [B]c1c([B])c([B])c(-c2cccc(-c3nc(-c4ccccc4)nc(-c4ccc5c(c4)oc4ccc(-c6cccc7c6sc6ccccc67)cc45)n3)c2)c([B])c1[B]. The van der Waals surface area contributed by atoms with E-state index in [4.69, 9.17) is 58.6 Å². The maximum absolute atomic E-state index is 6.46. The second kappa shape index (κ2) is 13.0. The van der Waals surface area contributed by atoms with Gasteiger partial charge in [0, 0.05) is 47.6 Å². The molecule has 10 rings (SSSR count). The molecular weight excluding hydrogens is 685 g/mol. The monoisotopic (exact) mass is 707 g/mol. The van der Waals surface area contributed by atoms with E-state index in [0.29, 0.717) is 28.6 Å². The highest BCUT2D eigenvalue weighted by Gasteiger charge is 2.18. The number of nitrogens with zero attached hydrogens (tertiary/aromatic N) is 3. The average molecular weight is 707 g/mol. The summed E-state index contributed by atoms with van der Waals surface area (Å²) < 4.78 is 9.02. The zero-order valence-corrected chi connectivity index (χ0v) is 30.1. The second-order valence-corrected chi connectivity index (χ2v) is 14.6. The maximum atomic E-state index is 6.46. The molecule has 0 saturated heterocycles. The standard InChI is InChI=1S/C45H22B5N3OS/c46-37-36(38(47)40(49)41(50)39(37)48)25-10-6-11-26(20-25)44-51-43(23-8-2-1-3-9-23)52-45(53-44)27-16-18-29-32-21-24(17-19-33(32)54-34(29)22-27)28-13-7-14-31-30-12-4-5-15-35(30)55-42(28)31/h1-22H. The molecule has 0 unspecified atom stereocenters. The summed E-state index contributed by atoms with van der Waals surface area (Å²) in [5, 5.41) is 4.60. The summed E-state index contributed by atoms with van der Waals surface area (Å²) >= 11 is 1.83. The first-order valence-electron chi connectivity index (χ1n) is 17.6. The van der Waals surface area contributed by atoms with Crippen LogP contribution in [-0.4, -0.2) is 54.2 Å². The molecule has 10 radical (unpaired) electrons. The van der Waals surface area contributed by atoms with Crippen molar-refractivity contribution >= 4 is 120 Å². The quantitative estimate of drug-likeness (QED) is 0.194. The fourth-order valence-corrected chi connectivity index (χ4v) is 8.62. The van der Waals surface area contributed by atoms with Crippen LogP contribution in [0.3, 0.4) is 0 Å². The summed E-state index contributed by atoms with van der Waals surface area (Å²) in [6.45, 7) is 0. The molecule has 0 saturated carbocycles. The molecule has 0 aliphatic heterocycles. The van der Waals surface area contributed by atoms with E-state index in [9.17, 15) is 0 Å². The molecule has 4 nitrogen and oxygen atoms in total. The van der Waals surface area contributed by atoms with Gasteiger partial charge in [-0.25, -0.2) is 15.0 Å². The topological polar surface area (TPSA) is 51.8 Å². The minimum atomic E-state index is 0.163. The van der Waals surface area contributed by atoms with Crippen LogP contribution in [0, 0.1) is 0 Å². The van der Waals surface area contributed by atoms with E-state index in [1.165, 1.54) is 25.7 Å². The van der Waals surface area contributed by atoms with Gasteiger partial charge in [-0.3, -0.25) is 0 Å². The summed E-state index contributed by atoms with van der Waals surface area (Å²) in [5.41, 5.74) is 8.48. The summed E-state index contributed by atoms with van der Waals surface area (Å²) in [6, 6.07) is 45.0. The van der Waals surface area contributed by atoms with Crippen molar-refractivity contribution in [3.63, 3.8) is 0 Å². The Labute approximate surface area is 327 Å². The van der Waals surface area contributed by atoms with Gasteiger partial charge in [0.05, 0.1) is 0 Å². The Bertz CT molecular complexity index is 3150. The van der Waals surface area contributed by atoms with E-state index in [2.05, 4.69) is 66.7 Å². The van der Waals surface area contributed by atoms with Crippen LogP contribution in [-0.2, 0) is 0 Å². The molecule has 0 atom stereocenters. The van der Waals surface area contributed by atoms with E-state index in [-0.39, 0.29) is 27.3 Å². The summed E-state index contributed by atoms with van der Waals surface area (Å²) in [4.78, 5) is 14.9. The van der Waals surface area contributed by atoms with Crippen molar-refractivity contribution < 1.29 is 4.42 Å². The van der Waals surface area contributed by atoms with Gasteiger partial charge in [-0.1, -0.05) is 108 Å². The Hall–Kier alpha value is -6.11. The zero-order valence-electron chi connectivity index (χ0n) is 29.2. The predicted molar refractivity (Wildman–Crippen MR) is 234 cm³/mol. The van der Waals surface area contributed by atoms with Crippen LogP contribution < -0.4 is 27.3 Å². The number of aromatic nitrogens is 3. The molecule has 0 N–H and O–H groups in total. The molecule has 0 aliphatic rings. The average Bonchev–Trinajstić information content (AvgIpc) is 3.80. The van der Waals surface area contributed by atoms with Gasteiger partial charge in [0.1, 0.15) is 50.4 Å². The van der Waals surface area contributed by atoms with E-state index in [1.54, 1.807) is 0 Å². The first-order chi connectivity index (χ1) is 26.8. The van der Waals surface area contributed by atoms with Gasteiger partial charge in [-0.2, -0.15) is 0 Å². The maximum Gasteiger partial charge on any atom is 0.164 e. The van der Waals surface area contributed by atoms with Crippen LogP contribution in [0.25, 0.3) is 98.5 Å². The van der Waals surface area contributed by atoms with Crippen LogP contribution >= 0.6 is 11.3 Å². The van der Waals surface area contributed by atoms with Gasteiger partial charge in [0.25, 0.3) is 0 Å². The van der Waals surface area contributed by atoms with Crippen LogP contribution in [0.2, 0.25) is 0 Å². The smallest absolute Gasteiger partial charge is 0.164 e. The molecule has 0 bridgehead atoms. The lowest BCUT2D eigenvalue weighted by Gasteiger charge is -2.21. The van der Waals surface area contributed by atoms with Gasteiger partial charge < -0.3 is 4.42 Å². The van der Waals surface area contributed by atoms with E-state index < -0.39 is 0 Å². The van der Waals surface area contributed by atoms with Crippen molar-refractivity contribution in [3.05, 3.63) is 133 Å².